The molecule has 0 aliphatic heterocycles. The fourth-order valence-electron chi connectivity index (χ4n) is 0. The fourth-order valence-corrected chi connectivity index (χ4v) is 0. The molecule has 0 radical (unpaired) electrons. The number of hydrogen-bond donors (Lipinski definition) is 0. The number of nitrogens with zero attached hydrogens (tertiary/aromatic N) is 3. The van der Waals surface area contributed by atoms with Gasteiger partial charge in [0.25, 0.3) is 0 Å². The third kappa shape index (κ3) is 14.7. The molecule has 3 nitrogen and oxygen atoms in total. The summed E-state index contributed by atoms with van der Waals surface area (Å²) < 4.78 is 3.06. The van der Waals surface area contributed by atoms with E-state index in [0.29, 0.717) is 10.4 Å². The summed E-state index contributed by atoms with van der Waals surface area (Å²) in [6.45, 7) is 0. The van der Waals surface area contributed by atoms with Gasteiger partial charge in [-0.3, -0.25) is 0 Å². The van der Waals surface area contributed by atoms with E-state index in [1.165, 1.54) is 0 Å². The van der Waals surface area contributed by atoms with Crippen LogP contribution in [0.15, 0.2) is 4.78 Å². The van der Waals surface area contributed by atoms with Gasteiger partial charge in [-0.2, -0.15) is 0 Å². The predicted octanol–water partition coefficient (Wildman–Crippen LogP) is -3.31. The van der Waals surface area contributed by atoms with Crippen molar-refractivity contribution in [1.29, 1.82) is 0 Å². The van der Waals surface area contributed by atoms with E-state index in [9.17, 15) is 0 Å². The molecule has 0 bridgehead atoms. The molecule has 0 saturated heterocycles. The second-order valence-corrected chi connectivity index (χ2v) is 0.689. The first-order valence-electron chi connectivity index (χ1n) is 0.847. The Bertz CT molecular complexity index is 48.8. The molecule has 5 heavy (non-hydrogen) atoms. The van der Waals surface area contributed by atoms with E-state index in [1.54, 1.807) is 0 Å². The van der Waals surface area contributed by atoms with Gasteiger partial charge in [0.1, 0.15) is 10.4 Å². The third-order valence-electron chi connectivity index (χ3n) is 0.0894. The number of azide groups is 1. The molecule has 0 amide bonds. The van der Waals surface area contributed by atoms with Crippen molar-refractivity contribution in [1.82, 2.24) is 0 Å². The van der Waals surface area contributed by atoms with Gasteiger partial charge in [0, 0.05) is 0 Å². The van der Waals surface area contributed by atoms with Crippen molar-refractivity contribution in [2.24, 2.45) is 4.78 Å². The molecule has 5 heteroatoms. The number of hydrogen-bond acceptors (Lipinski definition) is 1. The van der Waals surface area contributed by atoms with Crippen LogP contribution in [0.5, 0.6) is 0 Å². The van der Waals surface area contributed by atoms with Crippen LogP contribution in [0.1, 0.15) is 1.43 Å². The van der Waals surface area contributed by atoms with E-state index in [2.05, 4.69) is 9.69 Å². The fraction of sp³-hybridized carbons (Fsp3) is 0. The molecule has 0 fully saturated rings. The van der Waals surface area contributed by atoms with Gasteiger partial charge in [-0.1, -0.05) is 0 Å². The average Bonchev–Trinajstić information content (AvgIpc) is 1.37. The summed E-state index contributed by atoms with van der Waals surface area (Å²) in [6.07, 6.45) is 0. The van der Waals surface area contributed by atoms with Gasteiger partial charge in [-0.05, 0) is 10.4 Å². The summed E-state index contributed by atoms with van der Waals surface area (Å²) in [5, 5.41) is 0. The molecule has 0 heterocycles. The maximum absolute atomic E-state index is 7.37. The van der Waals surface area contributed by atoms with Crippen molar-refractivity contribution >= 4 is 10.4 Å². The Morgan fingerprint density at radius 3 is 2.20 bits per heavy atom. The first-order chi connectivity index (χ1) is 1.91. The molecule has 0 aromatic rings. The first-order valence-corrected chi connectivity index (χ1v) is 1.74. The molecular formula is H4LiN3Si. The van der Waals surface area contributed by atoms with Crippen LogP contribution < -0.4 is 18.9 Å². The predicted molar refractivity (Wildman–Crippen MR) is 20.2 cm³/mol. The van der Waals surface area contributed by atoms with Crippen molar-refractivity contribution < 1.29 is 20.3 Å². The second kappa shape index (κ2) is 8.92. The van der Waals surface area contributed by atoms with Gasteiger partial charge in [0.15, 0.2) is 0 Å². The van der Waals surface area contributed by atoms with Crippen molar-refractivity contribution in [2.45, 2.75) is 0 Å². The molecular weight excluding hydrogens is 77.0 g/mol. The second-order valence-electron chi connectivity index (χ2n) is 0.289. The molecule has 0 N–H and O–H groups in total. The van der Waals surface area contributed by atoms with E-state index < -0.39 is 0 Å². The van der Waals surface area contributed by atoms with Crippen molar-refractivity contribution in [3.05, 3.63) is 10.4 Å². The van der Waals surface area contributed by atoms with E-state index in [0.717, 1.165) is 0 Å². The van der Waals surface area contributed by atoms with E-state index >= 15 is 0 Å². The minimum absolute atomic E-state index is 0. The molecule has 0 aliphatic rings. The SMILES string of the molecule is [H-].[Li+].[N-]=[N+]=N[SiH3]. The van der Waals surface area contributed by atoms with Gasteiger partial charge >= 0.3 is 18.9 Å². The normalized spacial score (nSPS) is 4.00. The Morgan fingerprint density at radius 1 is 2.00 bits per heavy atom. The summed E-state index contributed by atoms with van der Waals surface area (Å²) in [5.74, 6) is 0. The number of rotatable bonds is 0. The van der Waals surface area contributed by atoms with Gasteiger partial charge in [0.2, 0.25) is 0 Å². The summed E-state index contributed by atoms with van der Waals surface area (Å²) in [4.78, 5) is 2.42. The maximum atomic E-state index is 7.37. The Kier molecular flexibility index (Phi) is 15.9. The van der Waals surface area contributed by atoms with Gasteiger partial charge in [-0.25, -0.2) is 0 Å². The Balaban J connectivity index is -0.0000000450. The molecule has 0 spiro atoms. The van der Waals surface area contributed by atoms with Crippen LogP contribution >= 0.6 is 0 Å². The molecule has 0 aromatic carbocycles. The monoisotopic (exact) mass is 81.0 g/mol. The van der Waals surface area contributed by atoms with Crippen molar-refractivity contribution in [2.75, 3.05) is 0 Å². The third-order valence-corrected chi connectivity index (χ3v) is 0.268. The molecule has 0 aromatic heterocycles. The van der Waals surface area contributed by atoms with Crippen molar-refractivity contribution in [3.8, 4) is 0 Å². The standard InChI is InChI=1S/Li.H3N3Si.H/c;1-2-3-4;/h;4H3;/q+1;;-1. The van der Waals surface area contributed by atoms with Gasteiger partial charge < -0.3 is 1.43 Å². The Hall–Kier alpha value is 0.124. The molecule has 0 unspecified atom stereocenters. The zero-order valence-corrected chi connectivity index (χ0v) is 5.34. The van der Waals surface area contributed by atoms with Crippen LogP contribution in [0.2, 0.25) is 0 Å². The van der Waals surface area contributed by atoms with Crippen molar-refractivity contribution in [3.63, 3.8) is 0 Å². The minimum Gasteiger partial charge on any atom is -1.00 e. The molecule has 24 valence electrons. The van der Waals surface area contributed by atoms with E-state index in [1.807, 2.05) is 0 Å². The van der Waals surface area contributed by atoms with Crippen LogP contribution in [-0.2, 0) is 0 Å². The van der Waals surface area contributed by atoms with Crippen LogP contribution in [0, 0.1) is 0 Å². The van der Waals surface area contributed by atoms with Crippen LogP contribution in [0.25, 0.3) is 10.4 Å². The summed E-state index contributed by atoms with van der Waals surface area (Å²) in [6, 6.07) is 0. The van der Waals surface area contributed by atoms with Gasteiger partial charge in [-0.15, -0.1) is 4.78 Å². The summed E-state index contributed by atoms with van der Waals surface area (Å²) in [5.41, 5.74) is 7.37. The first kappa shape index (κ1) is 8.93. The summed E-state index contributed by atoms with van der Waals surface area (Å²) >= 11 is 0. The largest absolute Gasteiger partial charge is 1.00 e. The molecule has 0 rings (SSSR count). The van der Waals surface area contributed by atoms with Crippen LogP contribution in [0.3, 0.4) is 0 Å². The topological polar surface area (TPSA) is 48.8 Å². The van der Waals surface area contributed by atoms with Gasteiger partial charge in [0.05, 0.1) is 0 Å². The minimum atomic E-state index is 0. The van der Waals surface area contributed by atoms with Crippen LogP contribution in [0.4, 0.5) is 0 Å². The Morgan fingerprint density at radius 2 is 2.20 bits per heavy atom. The molecule has 0 atom stereocenters. The maximum Gasteiger partial charge on any atom is 1.00 e. The quantitative estimate of drug-likeness (QED) is 0.127. The molecule has 0 saturated carbocycles. The zero-order chi connectivity index (χ0) is 3.41. The van der Waals surface area contributed by atoms with E-state index in [-0.39, 0.29) is 20.3 Å². The molecule has 0 aliphatic carbocycles. The summed E-state index contributed by atoms with van der Waals surface area (Å²) in [7, 11) is 0.598. The van der Waals surface area contributed by atoms with E-state index in [4.69, 9.17) is 5.53 Å². The average molecular weight is 81.1 g/mol. The van der Waals surface area contributed by atoms with Crippen LogP contribution in [-0.4, -0.2) is 10.4 Å². The smallest absolute Gasteiger partial charge is 1.00 e. The Labute approximate surface area is 46.5 Å². The zero-order valence-electron chi connectivity index (χ0n) is 4.34.